The third-order valence-corrected chi connectivity index (χ3v) is 5.15. The van der Waals surface area contributed by atoms with Crippen molar-refractivity contribution in [3.63, 3.8) is 0 Å². The van der Waals surface area contributed by atoms with Gasteiger partial charge in [-0.3, -0.25) is 5.84 Å². The summed E-state index contributed by atoms with van der Waals surface area (Å²) in [5.41, 5.74) is 2.78. The average molecular weight is 419 g/mol. The van der Waals surface area contributed by atoms with E-state index in [0.717, 1.165) is 58.0 Å². The first-order chi connectivity index (χ1) is 14.2. The van der Waals surface area contributed by atoms with Gasteiger partial charge in [0.15, 0.2) is 0 Å². The fourth-order valence-corrected chi connectivity index (χ4v) is 3.29. The van der Waals surface area contributed by atoms with E-state index in [1.165, 1.54) is 0 Å². The smallest absolute Gasteiger partial charge is 0.149 e. The van der Waals surface area contributed by atoms with Gasteiger partial charge in [0.05, 0.1) is 6.61 Å². The third kappa shape index (κ3) is 10.0. The van der Waals surface area contributed by atoms with Crippen molar-refractivity contribution in [2.45, 2.75) is 110 Å². The molecule has 0 radical (unpaired) electrons. The molecule has 0 amide bonds. The van der Waals surface area contributed by atoms with Crippen molar-refractivity contribution in [3.05, 3.63) is 0 Å². The quantitative estimate of drug-likeness (QED) is 0.200. The van der Waals surface area contributed by atoms with Gasteiger partial charge in [0.2, 0.25) is 0 Å². The first-order valence-electron chi connectivity index (χ1n) is 11.8. The number of hydrazine groups is 1. The summed E-state index contributed by atoms with van der Waals surface area (Å²) in [6.45, 7) is 11.8. The van der Waals surface area contributed by atoms with Crippen LogP contribution in [0.2, 0.25) is 0 Å². The summed E-state index contributed by atoms with van der Waals surface area (Å²) in [5.74, 6) is 5.83. The summed E-state index contributed by atoms with van der Waals surface area (Å²) in [6.07, 6.45) is 6.84. The molecule has 5 atom stereocenters. The Kier molecular flexibility index (Phi) is 16.1. The van der Waals surface area contributed by atoms with Crippen LogP contribution in [0.15, 0.2) is 0 Å². The van der Waals surface area contributed by atoms with E-state index >= 15 is 0 Å². The molecule has 1 saturated heterocycles. The zero-order chi connectivity index (χ0) is 21.3. The largest absolute Gasteiger partial charge is 0.379 e. The molecule has 3 unspecified atom stereocenters. The summed E-state index contributed by atoms with van der Waals surface area (Å²) in [4.78, 5) is 0. The highest BCUT2D eigenvalue weighted by atomic mass is 16.6. The molecule has 29 heavy (non-hydrogen) atoms. The van der Waals surface area contributed by atoms with Crippen molar-refractivity contribution in [1.82, 2.24) is 5.43 Å². The van der Waals surface area contributed by atoms with Crippen molar-refractivity contribution >= 4 is 0 Å². The molecule has 1 fully saturated rings. The Balaban J connectivity index is 2.92. The first-order valence-corrected chi connectivity index (χ1v) is 11.8. The highest BCUT2D eigenvalue weighted by Gasteiger charge is 2.47. The Morgan fingerprint density at radius 2 is 1.17 bits per heavy atom. The van der Waals surface area contributed by atoms with Crippen molar-refractivity contribution in [2.75, 3.05) is 33.0 Å². The summed E-state index contributed by atoms with van der Waals surface area (Å²) in [7, 11) is 0. The van der Waals surface area contributed by atoms with Crippen molar-refractivity contribution in [3.8, 4) is 0 Å². The van der Waals surface area contributed by atoms with E-state index < -0.39 is 6.23 Å². The fourth-order valence-electron chi connectivity index (χ4n) is 3.29. The van der Waals surface area contributed by atoms with Crippen molar-refractivity contribution < 1.29 is 23.7 Å². The SMILES string of the molecule is CCCCOCC1OC(NN)[C@H](OCCCC)C(OCCCC)[C@@H]1OCCCC. The van der Waals surface area contributed by atoms with Gasteiger partial charge in [0, 0.05) is 26.4 Å². The van der Waals surface area contributed by atoms with Crippen LogP contribution in [0.1, 0.15) is 79.1 Å². The third-order valence-electron chi connectivity index (χ3n) is 5.15. The normalized spacial score (nSPS) is 27.4. The highest BCUT2D eigenvalue weighted by Crippen LogP contribution is 2.28. The molecule has 1 aliphatic rings. The lowest BCUT2D eigenvalue weighted by Crippen LogP contribution is -2.66. The number of nitrogens with two attached hydrogens (primary N) is 1. The van der Waals surface area contributed by atoms with Gasteiger partial charge in [-0.05, 0) is 25.7 Å². The van der Waals surface area contributed by atoms with Gasteiger partial charge >= 0.3 is 0 Å². The van der Waals surface area contributed by atoms with E-state index in [0.29, 0.717) is 26.4 Å². The van der Waals surface area contributed by atoms with Crippen LogP contribution in [0.25, 0.3) is 0 Å². The van der Waals surface area contributed by atoms with Gasteiger partial charge in [-0.15, -0.1) is 0 Å². The van der Waals surface area contributed by atoms with Crippen molar-refractivity contribution in [2.24, 2.45) is 5.84 Å². The molecule has 1 heterocycles. The maximum Gasteiger partial charge on any atom is 0.149 e. The van der Waals surface area contributed by atoms with Gasteiger partial charge < -0.3 is 23.7 Å². The minimum Gasteiger partial charge on any atom is -0.379 e. The molecule has 0 aliphatic carbocycles. The summed E-state index contributed by atoms with van der Waals surface area (Å²) >= 11 is 0. The molecule has 1 rings (SSSR count). The number of unbranched alkanes of at least 4 members (excludes halogenated alkanes) is 4. The number of rotatable bonds is 18. The summed E-state index contributed by atoms with van der Waals surface area (Å²) in [6, 6.07) is 0. The Bertz CT molecular complexity index is 375. The molecule has 0 spiro atoms. The molecule has 0 bridgehead atoms. The van der Waals surface area contributed by atoms with Gasteiger partial charge in [0.25, 0.3) is 0 Å². The zero-order valence-electron chi connectivity index (χ0n) is 19.2. The Hall–Kier alpha value is -0.280. The lowest BCUT2D eigenvalue weighted by atomic mass is 9.97. The molecular weight excluding hydrogens is 372 g/mol. The second-order valence-corrected chi connectivity index (χ2v) is 7.76. The molecule has 0 aromatic carbocycles. The molecule has 7 heteroatoms. The molecule has 174 valence electrons. The van der Waals surface area contributed by atoms with Crippen LogP contribution in [0, 0.1) is 0 Å². The maximum absolute atomic E-state index is 6.32. The Morgan fingerprint density at radius 1 is 0.690 bits per heavy atom. The lowest BCUT2D eigenvalue weighted by molar-refractivity contribution is -0.272. The van der Waals surface area contributed by atoms with Gasteiger partial charge in [-0.2, -0.15) is 0 Å². The topological polar surface area (TPSA) is 84.2 Å². The van der Waals surface area contributed by atoms with E-state index in [9.17, 15) is 0 Å². The van der Waals surface area contributed by atoms with Crippen LogP contribution in [-0.2, 0) is 23.7 Å². The van der Waals surface area contributed by atoms with E-state index in [-0.39, 0.29) is 24.4 Å². The van der Waals surface area contributed by atoms with Gasteiger partial charge in [0.1, 0.15) is 30.6 Å². The van der Waals surface area contributed by atoms with Gasteiger partial charge in [-0.25, -0.2) is 5.43 Å². The zero-order valence-corrected chi connectivity index (χ0v) is 19.2. The van der Waals surface area contributed by atoms with Crippen LogP contribution < -0.4 is 11.3 Å². The van der Waals surface area contributed by atoms with Crippen LogP contribution >= 0.6 is 0 Å². The molecule has 0 aromatic rings. The molecule has 0 saturated carbocycles. The minimum absolute atomic E-state index is 0.240. The molecule has 0 aromatic heterocycles. The average Bonchev–Trinajstić information content (AvgIpc) is 2.73. The number of nitrogens with one attached hydrogen (secondary N) is 1. The number of hydrogen-bond donors (Lipinski definition) is 2. The highest BCUT2D eigenvalue weighted by molar-refractivity contribution is 4.94. The van der Waals surface area contributed by atoms with E-state index in [2.05, 4.69) is 33.1 Å². The number of ether oxygens (including phenoxy) is 5. The number of hydrogen-bond acceptors (Lipinski definition) is 7. The fraction of sp³-hybridized carbons (Fsp3) is 1.00. The first kappa shape index (κ1) is 26.8. The lowest BCUT2D eigenvalue weighted by Gasteiger charge is -2.46. The predicted molar refractivity (Wildman–Crippen MR) is 116 cm³/mol. The summed E-state index contributed by atoms with van der Waals surface area (Å²) in [5, 5.41) is 0. The monoisotopic (exact) mass is 418 g/mol. The maximum atomic E-state index is 6.32. The molecule has 3 N–H and O–H groups in total. The van der Waals surface area contributed by atoms with Crippen LogP contribution in [0.4, 0.5) is 0 Å². The van der Waals surface area contributed by atoms with Crippen molar-refractivity contribution in [1.29, 1.82) is 0 Å². The van der Waals surface area contributed by atoms with Crippen LogP contribution in [0.3, 0.4) is 0 Å². The molecule has 7 nitrogen and oxygen atoms in total. The predicted octanol–water partition coefficient (Wildman–Crippen LogP) is 3.55. The molecular formula is C22H46N2O5. The van der Waals surface area contributed by atoms with Crippen LogP contribution in [0.5, 0.6) is 0 Å². The van der Waals surface area contributed by atoms with E-state index in [1.54, 1.807) is 0 Å². The minimum atomic E-state index is -0.454. The van der Waals surface area contributed by atoms with E-state index in [1.807, 2.05) is 0 Å². The standard InChI is InChI=1S/C22H46N2O5/c1-5-9-13-25-17-18-19(26-14-10-6-2)20(27-15-11-7-3)21(22(24-23)29-18)28-16-12-8-4/h18-22,24H,5-17,23H2,1-4H3/t18?,19-,20?,21-,22?/m1/s1. The second-order valence-electron chi connectivity index (χ2n) is 7.76. The van der Waals surface area contributed by atoms with Crippen LogP contribution in [-0.4, -0.2) is 63.7 Å². The van der Waals surface area contributed by atoms with Gasteiger partial charge in [-0.1, -0.05) is 53.4 Å². The Morgan fingerprint density at radius 3 is 1.69 bits per heavy atom. The molecule has 1 aliphatic heterocycles. The summed E-state index contributed by atoms with van der Waals surface area (Å²) < 4.78 is 30.9. The van der Waals surface area contributed by atoms with E-state index in [4.69, 9.17) is 29.5 Å². The Labute approximate surface area is 178 Å². The second kappa shape index (κ2) is 17.4.